The van der Waals surface area contributed by atoms with E-state index in [2.05, 4.69) is 16.0 Å². The van der Waals surface area contributed by atoms with Gasteiger partial charge in [-0.05, 0) is 71.4 Å². The van der Waals surface area contributed by atoms with Gasteiger partial charge in [0, 0.05) is 27.4 Å². The van der Waals surface area contributed by atoms with Crippen molar-refractivity contribution in [1.29, 1.82) is 0 Å². The third-order valence-corrected chi connectivity index (χ3v) is 7.26. The number of anilines is 2. The first-order chi connectivity index (χ1) is 20.4. The Hall–Kier alpha value is -5.21. The predicted octanol–water partition coefficient (Wildman–Crippen LogP) is 7.12. The molecule has 5 rings (SSSR count). The number of halogens is 1. The first-order valence-electron chi connectivity index (χ1n) is 13.1. The van der Waals surface area contributed by atoms with Crippen molar-refractivity contribution in [1.82, 2.24) is 5.32 Å². The number of nitrogens with one attached hydrogen (secondary N) is 3. The predicted molar refractivity (Wildman–Crippen MR) is 167 cm³/mol. The lowest BCUT2D eigenvalue weighted by molar-refractivity contribution is -0.114. The van der Waals surface area contributed by atoms with Crippen LogP contribution in [-0.4, -0.2) is 23.5 Å². The molecule has 0 saturated carbocycles. The van der Waals surface area contributed by atoms with E-state index in [0.29, 0.717) is 11.3 Å². The molecule has 0 fully saturated rings. The van der Waals surface area contributed by atoms with Gasteiger partial charge in [0.2, 0.25) is 5.91 Å². The van der Waals surface area contributed by atoms with Gasteiger partial charge < -0.3 is 16.0 Å². The summed E-state index contributed by atoms with van der Waals surface area (Å²) in [5, 5.41) is 10.4. The van der Waals surface area contributed by atoms with E-state index in [1.165, 1.54) is 30.0 Å². The van der Waals surface area contributed by atoms with E-state index in [1.54, 1.807) is 66.7 Å². The number of amides is 3. The zero-order chi connectivity index (χ0) is 29.3. The second-order valence-corrected chi connectivity index (χ2v) is 10.3. The van der Waals surface area contributed by atoms with Gasteiger partial charge in [-0.2, -0.15) is 0 Å². The summed E-state index contributed by atoms with van der Waals surface area (Å²) in [6.07, 6.45) is 1.30. The van der Waals surface area contributed by atoms with Crippen LogP contribution in [0.3, 0.4) is 0 Å². The molecule has 0 saturated heterocycles. The van der Waals surface area contributed by atoms with Crippen molar-refractivity contribution in [2.75, 3.05) is 16.4 Å². The van der Waals surface area contributed by atoms with E-state index < -0.39 is 17.6 Å². The molecular weight excluding hydrogens is 549 g/mol. The fourth-order valence-electron chi connectivity index (χ4n) is 4.14. The van der Waals surface area contributed by atoms with Crippen LogP contribution in [0.5, 0.6) is 0 Å². The summed E-state index contributed by atoms with van der Waals surface area (Å²) in [5.74, 6) is -1.56. The maximum absolute atomic E-state index is 14.3. The molecule has 5 aromatic rings. The quantitative estimate of drug-likeness (QED) is 0.129. The van der Waals surface area contributed by atoms with Crippen molar-refractivity contribution in [2.24, 2.45) is 0 Å². The molecule has 5 aromatic carbocycles. The summed E-state index contributed by atoms with van der Waals surface area (Å²) in [7, 11) is 0. The maximum atomic E-state index is 14.3. The second kappa shape index (κ2) is 13.4. The Morgan fingerprint density at radius 1 is 0.690 bits per heavy atom. The zero-order valence-electron chi connectivity index (χ0n) is 22.3. The van der Waals surface area contributed by atoms with Crippen LogP contribution in [0.2, 0.25) is 0 Å². The van der Waals surface area contributed by atoms with Gasteiger partial charge in [0.1, 0.15) is 11.5 Å². The highest BCUT2D eigenvalue weighted by atomic mass is 32.2. The van der Waals surface area contributed by atoms with E-state index in [1.807, 2.05) is 42.5 Å². The topological polar surface area (TPSA) is 87.3 Å². The van der Waals surface area contributed by atoms with E-state index >= 15 is 0 Å². The van der Waals surface area contributed by atoms with Crippen molar-refractivity contribution in [3.05, 3.63) is 144 Å². The molecule has 6 nitrogen and oxygen atoms in total. The Bertz CT molecular complexity index is 1770. The number of hydrogen-bond donors (Lipinski definition) is 3. The Balaban J connectivity index is 1.21. The Morgan fingerprint density at radius 2 is 1.36 bits per heavy atom. The van der Waals surface area contributed by atoms with Crippen molar-refractivity contribution in [3.63, 3.8) is 0 Å². The van der Waals surface area contributed by atoms with Crippen molar-refractivity contribution >= 4 is 57.7 Å². The van der Waals surface area contributed by atoms with Crippen LogP contribution in [0.25, 0.3) is 16.8 Å². The molecule has 3 N–H and O–H groups in total. The number of carbonyl (C=O) groups excluding carboxylic acids is 3. The molecule has 0 radical (unpaired) electrons. The van der Waals surface area contributed by atoms with E-state index in [-0.39, 0.29) is 22.9 Å². The van der Waals surface area contributed by atoms with Gasteiger partial charge in [-0.3, -0.25) is 14.4 Å². The number of rotatable bonds is 9. The van der Waals surface area contributed by atoms with Crippen LogP contribution in [0.4, 0.5) is 15.8 Å². The summed E-state index contributed by atoms with van der Waals surface area (Å²) in [4.78, 5) is 39.3. The average Bonchev–Trinajstić information content (AvgIpc) is 3.01. The monoisotopic (exact) mass is 575 g/mol. The Morgan fingerprint density at radius 3 is 2.12 bits per heavy atom. The van der Waals surface area contributed by atoms with Gasteiger partial charge in [0.25, 0.3) is 11.8 Å². The fraction of sp³-hybridized carbons (Fsp3) is 0.0294. The van der Waals surface area contributed by atoms with E-state index in [0.717, 1.165) is 21.4 Å². The lowest BCUT2D eigenvalue weighted by atomic mass is 10.1. The second-order valence-electron chi connectivity index (χ2n) is 9.28. The molecule has 0 aliphatic carbocycles. The molecule has 0 spiro atoms. The minimum absolute atomic E-state index is 0.113. The van der Waals surface area contributed by atoms with Crippen LogP contribution >= 0.6 is 11.8 Å². The molecule has 0 unspecified atom stereocenters. The largest absolute Gasteiger partial charge is 0.325 e. The van der Waals surface area contributed by atoms with Gasteiger partial charge in [0.05, 0.1) is 5.75 Å². The maximum Gasteiger partial charge on any atom is 0.272 e. The minimum Gasteiger partial charge on any atom is -0.325 e. The smallest absolute Gasteiger partial charge is 0.272 e. The normalized spacial score (nSPS) is 11.1. The van der Waals surface area contributed by atoms with Gasteiger partial charge in [0.15, 0.2) is 0 Å². The molecule has 0 aromatic heterocycles. The average molecular weight is 576 g/mol. The molecule has 0 atom stereocenters. The third-order valence-electron chi connectivity index (χ3n) is 6.25. The molecule has 0 bridgehead atoms. The van der Waals surface area contributed by atoms with Gasteiger partial charge in [-0.25, -0.2) is 4.39 Å². The molecule has 208 valence electrons. The van der Waals surface area contributed by atoms with Crippen molar-refractivity contribution < 1.29 is 18.8 Å². The highest BCUT2D eigenvalue weighted by Crippen LogP contribution is 2.23. The lowest BCUT2D eigenvalue weighted by Gasteiger charge is -2.12. The van der Waals surface area contributed by atoms with Gasteiger partial charge >= 0.3 is 0 Å². The number of thioether (sulfide) groups is 1. The molecule has 0 aliphatic rings. The number of hydrogen-bond acceptors (Lipinski definition) is 4. The van der Waals surface area contributed by atoms with Crippen LogP contribution < -0.4 is 16.0 Å². The molecule has 0 aliphatic heterocycles. The van der Waals surface area contributed by atoms with E-state index in [4.69, 9.17) is 0 Å². The summed E-state index contributed by atoms with van der Waals surface area (Å²) in [6, 6.07) is 35.1. The molecule has 3 amide bonds. The summed E-state index contributed by atoms with van der Waals surface area (Å²) in [5.41, 5.74) is 1.60. The fourth-order valence-corrected chi connectivity index (χ4v) is 4.83. The van der Waals surface area contributed by atoms with Crippen LogP contribution in [0, 0.1) is 5.82 Å². The summed E-state index contributed by atoms with van der Waals surface area (Å²) < 4.78 is 14.3. The van der Waals surface area contributed by atoms with E-state index in [9.17, 15) is 18.8 Å². The molecular formula is C34H26FN3O3S. The van der Waals surface area contributed by atoms with Crippen molar-refractivity contribution in [3.8, 4) is 0 Å². The van der Waals surface area contributed by atoms with Gasteiger partial charge in [-0.15, -0.1) is 11.8 Å². The first-order valence-corrected chi connectivity index (χ1v) is 14.1. The molecule has 8 heteroatoms. The first kappa shape index (κ1) is 28.3. The minimum atomic E-state index is -0.613. The molecule has 0 heterocycles. The highest BCUT2D eigenvalue weighted by molar-refractivity contribution is 8.00. The van der Waals surface area contributed by atoms with Crippen LogP contribution in [-0.2, 0) is 9.59 Å². The van der Waals surface area contributed by atoms with Crippen LogP contribution in [0.1, 0.15) is 15.9 Å². The van der Waals surface area contributed by atoms with Gasteiger partial charge in [-0.1, -0.05) is 66.7 Å². The third kappa shape index (κ3) is 7.50. The number of carbonyl (C=O) groups is 3. The number of fused-ring (bicyclic) bond motifs is 1. The summed E-state index contributed by atoms with van der Waals surface area (Å²) in [6.45, 7) is 0. The van der Waals surface area contributed by atoms with Crippen LogP contribution in [0.15, 0.2) is 132 Å². The Kier molecular flexibility index (Phi) is 9.06. The number of benzene rings is 5. The highest BCUT2D eigenvalue weighted by Gasteiger charge is 2.16. The molecule has 42 heavy (non-hydrogen) atoms. The standard InChI is InChI=1S/C34H26FN3O3S/c35-30-13-7-6-12-26(30)21-31(38-33(40)24-9-2-1-3-10-24)34(41)37-27-16-18-29(19-17-27)42-22-32(39)36-28-15-14-23-8-4-5-11-25(23)20-28/h1-21H,22H2,(H,36,39)(H,37,41)(H,38,40)/b31-21-. The zero-order valence-corrected chi connectivity index (χ0v) is 23.2. The van der Waals surface area contributed by atoms with Crippen molar-refractivity contribution in [2.45, 2.75) is 4.90 Å². The Labute approximate surface area is 246 Å². The summed E-state index contributed by atoms with van der Waals surface area (Å²) >= 11 is 1.36. The lowest BCUT2D eigenvalue weighted by Crippen LogP contribution is -2.30. The SMILES string of the molecule is O=C(CSc1ccc(NC(=O)/C(=C/c2ccccc2F)NC(=O)c2ccccc2)cc1)Nc1ccc2ccccc2c1.